The van der Waals surface area contributed by atoms with E-state index in [4.69, 9.17) is 33.5 Å². The predicted octanol–water partition coefficient (Wildman–Crippen LogP) is 4.44. The number of halogens is 1. The second kappa shape index (κ2) is 8.33. The van der Waals surface area contributed by atoms with Crippen LogP contribution in [0.25, 0.3) is 0 Å². The highest BCUT2D eigenvalue weighted by Gasteiger charge is 2.43. The Bertz CT molecular complexity index is 696. The number of thiocarbonyl (C=S) groups is 1. The number of nitrogens with one attached hydrogen (secondary N) is 1. The van der Waals surface area contributed by atoms with Gasteiger partial charge in [-0.2, -0.15) is 0 Å². The summed E-state index contributed by atoms with van der Waals surface area (Å²) in [6.45, 7) is 1.58. The summed E-state index contributed by atoms with van der Waals surface area (Å²) in [5.41, 5.74) is 1.86. The molecule has 1 aromatic carbocycles. The van der Waals surface area contributed by atoms with Crippen LogP contribution in [0.5, 0.6) is 0 Å². The topological polar surface area (TPSA) is 46.1 Å². The molecule has 0 amide bonds. The van der Waals surface area contributed by atoms with E-state index in [9.17, 15) is 0 Å². The predicted molar refractivity (Wildman–Crippen MR) is 111 cm³/mol. The van der Waals surface area contributed by atoms with Crippen LogP contribution in [-0.2, 0) is 9.68 Å². The fraction of sp³-hybridized carbons (Fsp3) is 0.600. The molecule has 0 atom stereocenters. The third-order valence-electron chi connectivity index (χ3n) is 5.79. The lowest BCUT2D eigenvalue weighted by atomic mass is 9.86. The Balaban J connectivity index is 1.24. The van der Waals surface area contributed by atoms with Crippen LogP contribution in [0.3, 0.4) is 0 Å². The molecule has 1 spiro atoms. The van der Waals surface area contributed by atoms with E-state index in [-0.39, 0.29) is 5.60 Å². The maximum absolute atomic E-state index is 5.97. The van der Waals surface area contributed by atoms with Gasteiger partial charge < -0.3 is 15.0 Å². The molecule has 0 bridgehead atoms. The normalized spacial score (nSPS) is 22.9. The lowest BCUT2D eigenvalue weighted by Crippen LogP contribution is -2.47. The number of oxime groups is 1. The second-order valence-corrected chi connectivity index (χ2v) is 8.59. The molecule has 146 valence electrons. The van der Waals surface area contributed by atoms with Gasteiger partial charge in [0.05, 0.1) is 5.71 Å². The molecule has 1 saturated heterocycles. The van der Waals surface area contributed by atoms with Gasteiger partial charge in [0.15, 0.2) is 0 Å². The van der Waals surface area contributed by atoms with Crippen molar-refractivity contribution in [1.29, 1.82) is 0 Å². The molecule has 2 aliphatic heterocycles. The van der Waals surface area contributed by atoms with Gasteiger partial charge in [0.2, 0.25) is 0 Å². The maximum Gasteiger partial charge on any atom is 0.278 e. The van der Waals surface area contributed by atoms with Gasteiger partial charge >= 0.3 is 0 Å². The summed E-state index contributed by atoms with van der Waals surface area (Å²) in [6, 6.07) is 8.24. The molecule has 5 nitrogen and oxygen atoms in total. The molecule has 2 heterocycles. The molecule has 1 aliphatic carbocycles. The number of hydrogen-bond acceptors (Lipinski definition) is 5. The van der Waals surface area contributed by atoms with Gasteiger partial charge in [-0.1, -0.05) is 48.2 Å². The molecule has 4 rings (SSSR count). The molecule has 0 unspecified atom stereocenters. The average Bonchev–Trinajstić information content (AvgIpc) is 3.09. The van der Waals surface area contributed by atoms with Crippen LogP contribution in [0, 0.1) is 0 Å². The van der Waals surface area contributed by atoms with Crippen molar-refractivity contribution >= 4 is 34.7 Å². The zero-order valence-corrected chi connectivity index (χ0v) is 17.0. The fourth-order valence-electron chi connectivity index (χ4n) is 4.13. The van der Waals surface area contributed by atoms with Gasteiger partial charge in [-0.25, -0.2) is 0 Å². The van der Waals surface area contributed by atoms with Crippen molar-refractivity contribution in [2.24, 2.45) is 5.16 Å². The standard InChI is InChI=1S/C20H26ClN3O2S/c21-16-8-6-15(7-9-16)18-14-20(26-23-18)10-12-24(13-11-20)25-19(27)22-17-4-2-1-3-5-17/h6-9,17H,1-5,10-14H2,(H,22,27). The first-order valence-corrected chi connectivity index (χ1v) is 10.6. The van der Waals surface area contributed by atoms with Crippen molar-refractivity contribution < 1.29 is 9.68 Å². The highest BCUT2D eigenvalue weighted by molar-refractivity contribution is 7.80. The van der Waals surface area contributed by atoms with E-state index in [0.717, 1.165) is 48.6 Å². The Hall–Kier alpha value is -1.37. The zero-order chi connectivity index (χ0) is 18.7. The number of benzene rings is 1. The third-order valence-corrected chi connectivity index (χ3v) is 6.23. The van der Waals surface area contributed by atoms with Crippen molar-refractivity contribution in [1.82, 2.24) is 10.4 Å². The molecule has 1 N–H and O–H groups in total. The van der Waals surface area contributed by atoms with Crippen LogP contribution < -0.4 is 5.32 Å². The molecule has 3 aliphatic rings. The summed E-state index contributed by atoms with van der Waals surface area (Å²) < 4.78 is 0. The fourth-order valence-corrected chi connectivity index (χ4v) is 4.53. The smallest absolute Gasteiger partial charge is 0.278 e. The SMILES string of the molecule is S=C(NC1CCCCC1)ON1CCC2(CC1)CC(c1ccc(Cl)cc1)=NO2. The molecule has 1 aromatic rings. The molecular formula is C20H26ClN3O2S. The minimum absolute atomic E-state index is 0.215. The summed E-state index contributed by atoms with van der Waals surface area (Å²) in [6.07, 6.45) is 8.84. The van der Waals surface area contributed by atoms with Crippen LogP contribution in [-0.4, -0.2) is 40.7 Å². The summed E-state index contributed by atoms with van der Waals surface area (Å²) in [7, 11) is 0. The number of hydrogen-bond donors (Lipinski definition) is 1. The molecule has 0 radical (unpaired) electrons. The molecule has 1 saturated carbocycles. The van der Waals surface area contributed by atoms with Gasteiger partial charge in [0.1, 0.15) is 5.60 Å². The van der Waals surface area contributed by atoms with Crippen LogP contribution in [0.4, 0.5) is 0 Å². The van der Waals surface area contributed by atoms with Crippen molar-refractivity contribution in [3.63, 3.8) is 0 Å². The van der Waals surface area contributed by atoms with Crippen molar-refractivity contribution in [2.45, 2.75) is 63.0 Å². The molecule has 2 fully saturated rings. The Labute approximate surface area is 171 Å². The van der Waals surface area contributed by atoms with E-state index in [2.05, 4.69) is 10.5 Å². The van der Waals surface area contributed by atoms with Crippen LogP contribution >= 0.6 is 23.8 Å². The largest absolute Gasteiger partial charge is 0.388 e. The zero-order valence-electron chi connectivity index (χ0n) is 15.5. The van der Waals surface area contributed by atoms with Gasteiger partial charge in [0.25, 0.3) is 5.17 Å². The number of piperidine rings is 1. The number of rotatable bonds is 3. The second-order valence-electron chi connectivity index (χ2n) is 7.78. The van der Waals surface area contributed by atoms with Crippen molar-refractivity contribution in [3.05, 3.63) is 34.9 Å². The van der Waals surface area contributed by atoms with E-state index in [0.29, 0.717) is 11.2 Å². The Morgan fingerprint density at radius 1 is 1.19 bits per heavy atom. The number of nitrogens with zero attached hydrogens (tertiary/aromatic N) is 2. The third kappa shape index (κ3) is 4.73. The first-order valence-electron chi connectivity index (χ1n) is 9.86. The monoisotopic (exact) mass is 407 g/mol. The Morgan fingerprint density at radius 3 is 2.59 bits per heavy atom. The minimum atomic E-state index is -0.215. The lowest BCUT2D eigenvalue weighted by Gasteiger charge is -2.36. The quantitative estimate of drug-likeness (QED) is 0.750. The lowest BCUT2D eigenvalue weighted by molar-refractivity contribution is -0.145. The van der Waals surface area contributed by atoms with Gasteiger partial charge in [0, 0.05) is 43.4 Å². The van der Waals surface area contributed by atoms with E-state index in [1.165, 1.54) is 32.1 Å². The summed E-state index contributed by atoms with van der Waals surface area (Å²) in [5, 5.41) is 10.9. The summed E-state index contributed by atoms with van der Waals surface area (Å²) in [4.78, 5) is 11.7. The van der Waals surface area contributed by atoms with Gasteiger partial charge in [-0.15, -0.1) is 5.06 Å². The summed E-state index contributed by atoms with van der Waals surface area (Å²) >= 11 is 11.4. The summed E-state index contributed by atoms with van der Waals surface area (Å²) in [5.74, 6) is 0. The molecule has 27 heavy (non-hydrogen) atoms. The van der Waals surface area contributed by atoms with E-state index in [1.54, 1.807) is 0 Å². The van der Waals surface area contributed by atoms with Gasteiger partial charge in [-0.05, 0) is 42.8 Å². The first kappa shape index (κ1) is 19.0. The highest BCUT2D eigenvalue weighted by Crippen LogP contribution is 2.36. The van der Waals surface area contributed by atoms with E-state index < -0.39 is 0 Å². The minimum Gasteiger partial charge on any atom is -0.388 e. The Morgan fingerprint density at radius 2 is 1.89 bits per heavy atom. The molecule has 7 heteroatoms. The van der Waals surface area contributed by atoms with Crippen LogP contribution in [0.2, 0.25) is 5.02 Å². The van der Waals surface area contributed by atoms with Gasteiger partial charge in [-0.3, -0.25) is 0 Å². The van der Waals surface area contributed by atoms with E-state index >= 15 is 0 Å². The van der Waals surface area contributed by atoms with E-state index in [1.807, 2.05) is 29.3 Å². The van der Waals surface area contributed by atoms with Crippen LogP contribution in [0.1, 0.15) is 56.9 Å². The maximum atomic E-state index is 5.97. The van der Waals surface area contributed by atoms with Crippen molar-refractivity contribution in [3.8, 4) is 0 Å². The molecular weight excluding hydrogens is 382 g/mol. The highest BCUT2D eigenvalue weighted by atomic mass is 35.5. The first-order chi connectivity index (χ1) is 13.1. The Kier molecular flexibility index (Phi) is 5.85. The van der Waals surface area contributed by atoms with Crippen molar-refractivity contribution in [2.75, 3.05) is 13.1 Å². The van der Waals surface area contributed by atoms with Crippen LogP contribution in [0.15, 0.2) is 29.4 Å². The molecule has 0 aromatic heterocycles. The average molecular weight is 408 g/mol. The number of hydroxylamine groups is 2.